The number of carbonyl (C=O) groups is 12. The summed E-state index contributed by atoms with van der Waals surface area (Å²) in [6.45, 7) is 10.2. The molecule has 28 heteroatoms. The highest BCUT2D eigenvalue weighted by atomic mass is 35.5. The highest BCUT2D eigenvalue weighted by Crippen LogP contribution is 2.37. The molecule has 0 unspecified atom stereocenters. The zero-order chi connectivity index (χ0) is 72.4. The first kappa shape index (κ1) is 77.5. The third-order valence-electron chi connectivity index (χ3n) is 20.9. The highest BCUT2D eigenvalue weighted by Gasteiger charge is 2.51. The van der Waals surface area contributed by atoms with Crippen molar-refractivity contribution in [1.82, 2.24) is 60.0 Å². The van der Waals surface area contributed by atoms with Gasteiger partial charge in [-0.15, -0.1) is 0 Å². The number of likely N-dealkylation sites (tertiary alicyclic amines) is 1. The third-order valence-corrected chi connectivity index (χ3v) is 21.2. The average Bonchev–Trinajstić information content (AvgIpc) is 1.48. The van der Waals surface area contributed by atoms with Crippen molar-refractivity contribution in [3.8, 4) is 0 Å². The monoisotopic (exact) mass is 1390 g/mol. The van der Waals surface area contributed by atoms with Crippen molar-refractivity contribution in [3.63, 3.8) is 0 Å². The van der Waals surface area contributed by atoms with Gasteiger partial charge in [-0.2, -0.15) is 13.2 Å². The molecule has 0 bridgehead atoms. The van der Waals surface area contributed by atoms with Gasteiger partial charge in [0.15, 0.2) is 0 Å². The lowest BCUT2D eigenvalue weighted by molar-refractivity contribution is -0.156. The number of likely N-dealkylation sites (N-methyl/N-ethyl adjacent to an activating group) is 6. The number of nitrogens with zero attached hydrogens (tertiary/aromatic N) is 9. The molecule has 1 saturated carbocycles. The van der Waals surface area contributed by atoms with Gasteiger partial charge >= 0.3 is 6.18 Å². The lowest BCUT2D eigenvalue weighted by atomic mass is 9.91. The van der Waals surface area contributed by atoms with Crippen molar-refractivity contribution in [2.45, 2.75) is 210 Å². The molecule has 3 N–H and O–H groups in total. The summed E-state index contributed by atoms with van der Waals surface area (Å²) in [6, 6.07) is 0.398. The van der Waals surface area contributed by atoms with Gasteiger partial charge in [-0.1, -0.05) is 95.0 Å². The predicted molar refractivity (Wildman–Crippen MR) is 359 cm³/mol. The molecule has 1 aliphatic carbocycles. The first-order valence-electron chi connectivity index (χ1n) is 34.4. The van der Waals surface area contributed by atoms with E-state index >= 15 is 24.0 Å². The number of aryl methyl sites for hydroxylation is 1. The summed E-state index contributed by atoms with van der Waals surface area (Å²) in [5.74, 6) is -9.14. The number of hydrogen-bond donors (Lipinski definition) is 3. The zero-order valence-electron chi connectivity index (χ0n) is 58.8. The standard InChI is InChI=1S/C70H100ClF3N12O12/c1-13-43(4)57-66(96)78(7)41-56(88)85-36-23-27-52(85)63(93)81(10)53(39-46-24-16-14-17-25-46)64(94)80(9)45(6)59(89)75-50(31-29-47-28-30-48(49(71)38-47)70(72,73)74)62(92)86-37-22-26-51(86)61(91)77-69(32-18-19-33-69)68(98)83(12)58(42(2)3)67(97)82(11)54(65(95)84-34-20-15-21-35-84)40-55(87)79(8)44(5)60(90)76-57/h14,16-17,24-25,28,30,38,42-45,50-54,57-58H,13,15,18-23,26-27,29,31-37,39-41H2,1-12H3,(H,75,89)(H,76,90)(H,77,91)/t43-,44-,45+,50-,51-,52-,53-,54-,57-,58-/m0/s1. The van der Waals surface area contributed by atoms with Gasteiger partial charge in [0.25, 0.3) is 0 Å². The van der Waals surface area contributed by atoms with E-state index in [1.807, 2.05) is 6.92 Å². The summed E-state index contributed by atoms with van der Waals surface area (Å²) in [4.78, 5) is 190. The predicted octanol–water partition coefficient (Wildman–Crippen LogP) is 4.67. The van der Waals surface area contributed by atoms with Gasteiger partial charge in [0.05, 0.1) is 23.6 Å². The second-order valence-corrected chi connectivity index (χ2v) is 28.2. The third kappa shape index (κ3) is 17.8. The van der Waals surface area contributed by atoms with E-state index in [1.54, 1.807) is 56.0 Å². The lowest BCUT2D eigenvalue weighted by Gasteiger charge is -2.42. The number of nitrogens with one attached hydrogen (secondary N) is 3. The van der Waals surface area contributed by atoms with Crippen LogP contribution in [0.2, 0.25) is 5.02 Å². The van der Waals surface area contributed by atoms with Crippen molar-refractivity contribution >= 4 is 82.5 Å². The Bertz CT molecular complexity index is 3280. The Labute approximate surface area is 578 Å². The maximum Gasteiger partial charge on any atom is 0.417 e. The number of fused-ring (bicyclic) bond motifs is 2. The Hall–Kier alpha value is -7.84. The van der Waals surface area contributed by atoms with Crippen LogP contribution in [0, 0.1) is 11.8 Å². The number of piperidine rings is 1. The topological polar surface area (TPSA) is 270 Å². The molecule has 5 aliphatic rings. The van der Waals surface area contributed by atoms with E-state index in [4.69, 9.17) is 11.6 Å². The fourth-order valence-electron chi connectivity index (χ4n) is 14.2. The molecule has 4 aliphatic heterocycles. The number of amides is 12. The smallest absolute Gasteiger partial charge is 0.343 e. The highest BCUT2D eigenvalue weighted by molar-refractivity contribution is 6.31. The van der Waals surface area contributed by atoms with Crippen LogP contribution >= 0.6 is 11.6 Å². The Morgan fingerprint density at radius 1 is 0.622 bits per heavy atom. The second kappa shape index (κ2) is 33.3. The van der Waals surface area contributed by atoms with E-state index in [9.17, 15) is 46.7 Å². The summed E-state index contributed by atoms with van der Waals surface area (Å²) >= 11 is 6.16. The minimum atomic E-state index is -4.77. The van der Waals surface area contributed by atoms with Crippen LogP contribution in [0.4, 0.5) is 13.2 Å². The number of alkyl halides is 3. The van der Waals surface area contributed by atoms with E-state index in [1.165, 1.54) is 86.7 Å². The van der Waals surface area contributed by atoms with Crippen LogP contribution in [0.3, 0.4) is 0 Å². The first-order chi connectivity index (χ1) is 46.1. The Morgan fingerprint density at radius 3 is 1.83 bits per heavy atom. The number of carbonyl (C=O) groups excluding carboxylic acids is 12. The van der Waals surface area contributed by atoms with E-state index in [0.29, 0.717) is 63.6 Å². The van der Waals surface area contributed by atoms with Gasteiger partial charge in [-0.05, 0) is 120 Å². The van der Waals surface area contributed by atoms with E-state index in [2.05, 4.69) is 16.0 Å². The Morgan fingerprint density at radius 2 is 1.22 bits per heavy atom. The molecule has 0 aromatic heterocycles. The fraction of sp³-hybridized carbons (Fsp3) is 0.657. The molecule has 7 rings (SSSR count). The molecule has 540 valence electrons. The molecule has 24 nitrogen and oxygen atoms in total. The Balaban J connectivity index is 1.28. The fourth-order valence-corrected chi connectivity index (χ4v) is 14.6. The minimum Gasteiger partial charge on any atom is -0.343 e. The summed E-state index contributed by atoms with van der Waals surface area (Å²) in [6.07, 6.45) is -0.801. The average molecular weight is 1390 g/mol. The molecule has 4 saturated heterocycles. The van der Waals surface area contributed by atoms with Crippen LogP contribution in [0.15, 0.2) is 48.5 Å². The lowest BCUT2D eigenvalue weighted by Crippen LogP contribution is -2.65. The van der Waals surface area contributed by atoms with E-state index < -0.39 is 172 Å². The molecule has 0 radical (unpaired) electrons. The molecule has 12 amide bonds. The number of rotatable bonds is 9. The summed E-state index contributed by atoms with van der Waals surface area (Å²) in [5.41, 5.74) is -1.75. The van der Waals surface area contributed by atoms with Gasteiger partial charge in [0.1, 0.15) is 59.9 Å². The van der Waals surface area contributed by atoms with Crippen LogP contribution in [0.25, 0.3) is 0 Å². The maximum absolute atomic E-state index is 15.4. The zero-order valence-corrected chi connectivity index (χ0v) is 59.5. The van der Waals surface area contributed by atoms with Crippen LogP contribution < -0.4 is 16.0 Å². The van der Waals surface area contributed by atoms with Gasteiger partial charge in [0, 0.05) is 74.9 Å². The molecule has 2 aromatic carbocycles. The van der Waals surface area contributed by atoms with Crippen molar-refractivity contribution in [2.24, 2.45) is 11.8 Å². The summed E-state index contributed by atoms with van der Waals surface area (Å²) in [5, 5.41) is 8.02. The SMILES string of the molecule is CC[C@H](C)[C@@H]1NC(=O)[C@H](C)N(C)C(=O)C[C@@H](C(=O)N2CCCCC2)N(C)C(=O)[C@H](C(C)C)N(C)C(=O)C2(CCCC2)NC(=O)[C@@H]2CCCN2C(=O)[C@H](CCc2ccc(C(F)(F)F)c(Cl)c2)NC(=O)[C@@H](C)N(C)C(=O)[C@H](Cc2ccccc2)N(C)C(=O)[C@@H]2CCCN2C(=O)CN(C)C1=O. The molecular formula is C70H100ClF3N12O12. The number of halogens is 4. The van der Waals surface area contributed by atoms with Crippen LogP contribution in [0.1, 0.15) is 148 Å². The van der Waals surface area contributed by atoms with Crippen molar-refractivity contribution < 1.29 is 70.7 Å². The quantitative estimate of drug-likeness (QED) is 0.309. The van der Waals surface area contributed by atoms with E-state index in [-0.39, 0.29) is 63.6 Å². The number of hydrogen-bond acceptors (Lipinski definition) is 12. The number of benzene rings is 2. The van der Waals surface area contributed by atoms with Crippen LogP contribution in [0.5, 0.6) is 0 Å². The molecule has 2 aromatic rings. The van der Waals surface area contributed by atoms with E-state index in [0.717, 1.165) is 33.3 Å². The molecule has 1 spiro atoms. The van der Waals surface area contributed by atoms with Crippen molar-refractivity contribution in [2.75, 3.05) is 75.0 Å². The molecular weight excluding hydrogens is 1290 g/mol. The summed E-state index contributed by atoms with van der Waals surface area (Å²) in [7, 11) is 8.37. The summed E-state index contributed by atoms with van der Waals surface area (Å²) < 4.78 is 41.6. The van der Waals surface area contributed by atoms with Gasteiger partial charge in [-0.25, -0.2) is 0 Å². The van der Waals surface area contributed by atoms with Gasteiger partial charge < -0.3 is 60.0 Å². The first-order valence-corrected chi connectivity index (χ1v) is 34.8. The van der Waals surface area contributed by atoms with Crippen molar-refractivity contribution in [3.05, 3.63) is 70.2 Å². The van der Waals surface area contributed by atoms with Crippen LogP contribution in [-0.2, 0) is 76.6 Å². The molecule has 98 heavy (non-hydrogen) atoms. The molecule has 10 atom stereocenters. The maximum atomic E-state index is 15.4. The minimum absolute atomic E-state index is 0.0151. The molecule has 5 fully saturated rings. The van der Waals surface area contributed by atoms with Gasteiger partial charge in [-0.3, -0.25) is 57.5 Å². The molecule has 4 heterocycles. The second-order valence-electron chi connectivity index (χ2n) is 27.8. The van der Waals surface area contributed by atoms with Crippen LogP contribution in [-0.4, -0.2) is 250 Å². The van der Waals surface area contributed by atoms with Gasteiger partial charge in [0.2, 0.25) is 70.9 Å². The van der Waals surface area contributed by atoms with Crippen molar-refractivity contribution in [1.29, 1.82) is 0 Å². The largest absolute Gasteiger partial charge is 0.417 e. The normalized spacial score (nSPS) is 27.0. The Kier molecular flexibility index (Phi) is 26.4.